The first-order valence-corrected chi connectivity index (χ1v) is 9.31. The highest BCUT2D eigenvalue weighted by Crippen LogP contribution is 2.16. The number of nitrogen functional groups attached to an aromatic ring is 1. The van der Waals surface area contributed by atoms with E-state index < -0.39 is 36.8 Å². The zero-order chi connectivity index (χ0) is 23.8. The molecule has 2 rings (SSSR count). The maximum absolute atomic E-state index is 12.5. The van der Waals surface area contributed by atoms with E-state index in [1.807, 2.05) is 0 Å². The van der Waals surface area contributed by atoms with Gasteiger partial charge in [-0.3, -0.25) is 19.8 Å². The number of nitrogens with one attached hydrogen (secondary N) is 1. The highest BCUT2D eigenvalue weighted by atomic mass is 16.5. The normalized spacial score (nSPS) is 10.8. The van der Waals surface area contributed by atoms with Gasteiger partial charge in [0.25, 0.3) is 5.91 Å². The van der Waals surface area contributed by atoms with Crippen molar-refractivity contribution in [1.29, 1.82) is 5.41 Å². The van der Waals surface area contributed by atoms with Crippen LogP contribution in [0.5, 0.6) is 5.75 Å². The van der Waals surface area contributed by atoms with Crippen LogP contribution < -0.4 is 16.2 Å². The number of aliphatic carboxylic acids is 1. The topological polar surface area (TPSA) is 177 Å². The van der Waals surface area contributed by atoms with Gasteiger partial charge >= 0.3 is 11.9 Å². The van der Waals surface area contributed by atoms with Crippen LogP contribution in [0.1, 0.15) is 28.4 Å². The Hall–Kier alpha value is -4.47. The predicted octanol–water partition coefficient (Wildman–Crippen LogP) is 0.992. The number of carboxylic acids is 1. The molecule has 0 spiro atoms. The minimum Gasteiger partial charge on any atom is -0.480 e. The first-order chi connectivity index (χ1) is 15.1. The summed E-state index contributed by atoms with van der Waals surface area (Å²) in [6, 6.07) is 12.4. The average molecular weight is 438 g/mol. The second kappa shape index (κ2) is 10.5. The van der Waals surface area contributed by atoms with Crippen molar-refractivity contribution in [2.75, 3.05) is 13.1 Å². The number of primary amides is 1. The van der Waals surface area contributed by atoms with E-state index in [0.717, 1.165) is 4.90 Å². The number of hydrogen-bond acceptors (Lipinski definition) is 6. The standard InChI is InChI=1S/C22H22N4O6/c1-13(21(30)26(11-18(23)27)12-19(28)29)10-14-2-4-16(5-3-14)22(31)32-17-8-6-15(7-9-17)20(24)25/h2-10H,11-12H2,1H3,(H2,23,27)(H3,24,25)(H,28,29)/b13-10+. The lowest BCUT2D eigenvalue weighted by Gasteiger charge is -2.19. The molecular weight excluding hydrogens is 416 g/mol. The predicted molar refractivity (Wildman–Crippen MR) is 116 cm³/mol. The molecule has 0 atom stereocenters. The molecule has 0 radical (unpaired) electrons. The number of esters is 1. The number of benzene rings is 2. The van der Waals surface area contributed by atoms with Gasteiger partial charge in [0.2, 0.25) is 5.91 Å². The van der Waals surface area contributed by atoms with Gasteiger partial charge in [0, 0.05) is 11.1 Å². The Labute approximate surface area is 183 Å². The molecular formula is C22H22N4O6. The molecule has 0 bridgehead atoms. The van der Waals surface area contributed by atoms with E-state index in [2.05, 4.69) is 0 Å². The Morgan fingerprint density at radius 2 is 1.53 bits per heavy atom. The van der Waals surface area contributed by atoms with Crippen molar-refractivity contribution >= 4 is 35.7 Å². The molecule has 166 valence electrons. The quantitative estimate of drug-likeness (QED) is 0.148. The summed E-state index contributed by atoms with van der Waals surface area (Å²) in [6.45, 7) is 0.296. The number of hydrogen-bond donors (Lipinski definition) is 4. The van der Waals surface area contributed by atoms with Crippen LogP contribution in [-0.4, -0.2) is 52.7 Å². The molecule has 0 heterocycles. The van der Waals surface area contributed by atoms with Crippen molar-refractivity contribution in [2.24, 2.45) is 11.5 Å². The molecule has 0 aliphatic carbocycles. The Kier molecular flexibility index (Phi) is 7.83. The first-order valence-electron chi connectivity index (χ1n) is 9.31. The molecule has 0 saturated carbocycles. The van der Waals surface area contributed by atoms with Crippen molar-refractivity contribution < 1.29 is 29.0 Å². The van der Waals surface area contributed by atoms with Gasteiger partial charge in [-0.25, -0.2) is 4.79 Å². The third-order valence-electron chi connectivity index (χ3n) is 4.20. The van der Waals surface area contributed by atoms with Crippen LogP contribution in [0.15, 0.2) is 54.1 Å². The monoisotopic (exact) mass is 438 g/mol. The smallest absolute Gasteiger partial charge is 0.343 e. The number of amides is 2. The van der Waals surface area contributed by atoms with E-state index in [-0.39, 0.29) is 17.0 Å². The maximum Gasteiger partial charge on any atom is 0.343 e. The van der Waals surface area contributed by atoms with Crippen molar-refractivity contribution in [3.63, 3.8) is 0 Å². The Bertz CT molecular complexity index is 1060. The van der Waals surface area contributed by atoms with Gasteiger partial charge < -0.3 is 26.2 Å². The average Bonchev–Trinajstić information content (AvgIpc) is 2.72. The van der Waals surface area contributed by atoms with E-state index in [1.165, 1.54) is 37.3 Å². The largest absolute Gasteiger partial charge is 0.480 e. The molecule has 2 aromatic carbocycles. The lowest BCUT2D eigenvalue weighted by Crippen LogP contribution is -2.41. The van der Waals surface area contributed by atoms with E-state index in [0.29, 0.717) is 16.9 Å². The minimum atomic E-state index is -1.27. The number of ether oxygens (including phenoxy) is 1. The van der Waals surface area contributed by atoms with Crippen molar-refractivity contribution in [2.45, 2.75) is 6.92 Å². The van der Waals surface area contributed by atoms with Crippen LogP contribution in [0.25, 0.3) is 6.08 Å². The minimum absolute atomic E-state index is 0.0963. The first kappa shape index (κ1) is 23.8. The molecule has 0 fully saturated rings. The molecule has 0 aromatic heterocycles. The molecule has 0 unspecified atom stereocenters. The summed E-state index contributed by atoms with van der Waals surface area (Å²) in [5, 5.41) is 16.3. The van der Waals surface area contributed by atoms with Gasteiger partial charge in [0.15, 0.2) is 0 Å². The number of nitrogens with two attached hydrogens (primary N) is 2. The SMILES string of the molecule is C/C(=C\c1ccc(C(=O)Oc2ccc(C(=N)N)cc2)cc1)C(=O)N(CC(N)=O)CC(=O)O. The van der Waals surface area contributed by atoms with Gasteiger partial charge in [-0.2, -0.15) is 0 Å². The number of nitrogens with zero attached hydrogens (tertiary/aromatic N) is 1. The highest BCUT2D eigenvalue weighted by molar-refractivity contribution is 6.00. The third kappa shape index (κ3) is 6.80. The fraction of sp³-hybridized carbons (Fsp3) is 0.136. The molecule has 2 aromatic rings. The Morgan fingerprint density at radius 3 is 2.03 bits per heavy atom. The second-order valence-corrected chi connectivity index (χ2v) is 6.80. The fourth-order valence-electron chi connectivity index (χ4n) is 2.70. The zero-order valence-electron chi connectivity index (χ0n) is 17.2. The molecule has 0 aliphatic heterocycles. The zero-order valence-corrected chi connectivity index (χ0v) is 17.2. The number of carbonyl (C=O) groups is 4. The molecule has 32 heavy (non-hydrogen) atoms. The van der Waals surface area contributed by atoms with Gasteiger partial charge in [-0.15, -0.1) is 0 Å². The van der Waals surface area contributed by atoms with Gasteiger partial charge in [0.05, 0.1) is 5.56 Å². The van der Waals surface area contributed by atoms with Gasteiger partial charge in [-0.05, 0) is 55.0 Å². The number of carboxylic acid groups (broad SMARTS) is 1. The second-order valence-electron chi connectivity index (χ2n) is 6.80. The summed E-state index contributed by atoms with van der Waals surface area (Å²) in [4.78, 5) is 47.6. The van der Waals surface area contributed by atoms with Crippen molar-refractivity contribution in [3.05, 3.63) is 70.8 Å². The van der Waals surface area contributed by atoms with E-state index in [9.17, 15) is 19.2 Å². The van der Waals surface area contributed by atoms with Crippen molar-refractivity contribution in [3.8, 4) is 5.75 Å². The summed E-state index contributed by atoms with van der Waals surface area (Å²) in [5.41, 5.74) is 12.0. The van der Waals surface area contributed by atoms with Crippen LogP contribution >= 0.6 is 0 Å². The Morgan fingerprint density at radius 1 is 0.969 bits per heavy atom. The number of rotatable bonds is 9. The highest BCUT2D eigenvalue weighted by Gasteiger charge is 2.20. The molecule has 10 heteroatoms. The van der Waals surface area contributed by atoms with Crippen LogP contribution in [0, 0.1) is 5.41 Å². The van der Waals surface area contributed by atoms with Gasteiger partial charge in [-0.1, -0.05) is 12.1 Å². The molecule has 0 aliphatic rings. The number of carbonyl (C=O) groups excluding carboxylic acids is 3. The summed E-state index contributed by atoms with van der Waals surface area (Å²) in [5.74, 6) is -3.15. The molecule has 2 amide bonds. The van der Waals surface area contributed by atoms with Crippen LogP contribution in [0.3, 0.4) is 0 Å². The third-order valence-corrected chi connectivity index (χ3v) is 4.20. The summed E-state index contributed by atoms with van der Waals surface area (Å²) in [6.07, 6.45) is 1.49. The molecule has 6 N–H and O–H groups in total. The lowest BCUT2D eigenvalue weighted by molar-refractivity contribution is -0.144. The van der Waals surface area contributed by atoms with E-state index >= 15 is 0 Å². The summed E-state index contributed by atoms with van der Waals surface area (Å²) < 4.78 is 5.27. The molecule has 0 saturated heterocycles. The number of amidine groups is 1. The lowest BCUT2D eigenvalue weighted by atomic mass is 10.1. The van der Waals surface area contributed by atoms with Gasteiger partial charge in [0.1, 0.15) is 24.7 Å². The fourth-order valence-corrected chi connectivity index (χ4v) is 2.70. The maximum atomic E-state index is 12.5. The van der Waals surface area contributed by atoms with Crippen LogP contribution in [0.2, 0.25) is 0 Å². The molecule has 10 nitrogen and oxygen atoms in total. The van der Waals surface area contributed by atoms with Crippen LogP contribution in [0.4, 0.5) is 0 Å². The summed E-state index contributed by atoms with van der Waals surface area (Å²) >= 11 is 0. The Balaban J connectivity index is 2.09. The van der Waals surface area contributed by atoms with Crippen LogP contribution in [-0.2, 0) is 14.4 Å². The summed E-state index contributed by atoms with van der Waals surface area (Å²) in [7, 11) is 0. The van der Waals surface area contributed by atoms with E-state index in [4.69, 9.17) is 26.7 Å². The van der Waals surface area contributed by atoms with E-state index in [1.54, 1.807) is 24.3 Å². The van der Waals surface area contributed by atoms with Crippen molar-refractivity contribution in [1.82, 2.24) is 4.90 Å².